The summed E-state index contributed by atoms with van der Waals surface area (Å²) in [5.74, 6) is 0.655. The normalized spacial score (nSPS) is 21.2. The van der Waals surface area contributed by atoms with Crippen molar-refractivity contribution in [1.82, 2.24) is 15.3 Å². The zero-order valence-corrected chi connectivity index (χ0v) is 16.1. The number of H-pyrrole nitrogens is 1. The molecule has 1 saturated carbocycles. The predicted octanol–water partition coefficient (Wildman–Crippen LogP) is 4.37. The number of aromatic nitrogens is 2. The number of halogens is 3. The van der Waals surface area contributed by atoms with E-state index in [-0.39, 0.29) is 18.1 Å². The summed E-state index contributed by atoms with van der Waals surface area (Å²) in [6, 6.07) is 6.24. The zero-order valence-electron chi connectivity index (χ0n) is 16.1. The van der Waals surface area contributed by atoms with Crippen molar-refractivity contribution in [2.24, 2.45) is 11.7 Å². The van der Waals surface area contributed by atoms with Gasteiger partial charge in [-0.25, -0.2) is 4.98 Å². The fourth-order valence-corrected chi connectivity index (χ4v) is 3.56. The van der Waals surface area contributed by atoms with E-state index >= 15 is 0 Å². The van der Waals surface area contributed by atoms with E-state index in [4.69, 9.17) is 11.0 Å². The molecule has 1 aromatic carbocycles. The molecule has 5 nitrogen and oxygen atoms in total. The SMILES string of the molecule is Cc1ccc(C(F)(F)F)cc1-c1cnc(/C=C\C(N)NC2CCC(C#N)CC2)[nH]1. The van der Waals surface area contributed by atoms with Gasteiger partial charge in [0, 0.05) is 17.5 Å². The molecule has 1 aliphatic rings. The molecule has 2 aromatic rings. The van der Waals surface area contributed by atoms with Crippen LogP contribution in [-0.4, -0.2) is 22.2 Å². The van der Waals surface area contributed by atoms with Gasteiger partial charge in [0.15, 0.2) is 0 Å². The van der Waals surface area contributed by atoms with E-state index in [1.54, 1.807) is 19.1 Å². The molecule has 0 aliphatic heterocycles. The highest BCUT2D eigenvalue weighted by Crippen LogP contribution is 2.33. The van der Waals surface area contributed by atoms with Gasteiger partial charge in [0.2, 0.25) is 0 Å². The molecule has 0 saturated heterocycles. The Morgan fingerprint density at radius 3 is 2.69 bits per heavy atom. The number of alkyl halides is 3. The number of benzene rings is 1. The maximum Gasteiger partial charge on any atom is 0.416 e. The number of hydrogen-bond donors (Lipinski definition) is 3. The Bertz CT molecular complexity index is 902. The van der Waals surface area contributed by atoms with E-state index in [9.17, 15) is 13.2 Å². The molecule has 0 bridgehead atoms. The summed E-state index contributed by atoms with van der Waals surface area (Å²) in [6.07, 6.45) is 3.82. The van der Waals surface area contributed by atoms with Crippen molar-refractivity contribution in [2.45, 2.75) is 51.0 Å². The standard InChI is InChI=1S/C21H24F3N5/c1-13-2-5-15(21(22,23)24)10-17(13)18-12-27-20(29-18)9-8-19(26)28-16-6-3-14(11-25)4-7-16/h2,5,8-10,12,14,16,19,28H,3-4,6-7,26H2,1H3,(H,27,29)/b9-8-. The molecule has 154 valence electrons. The minimum Gasteiger partial charge on any atom is -0.338 e. The van der Waals surface area contributed by atoms with Crippen LogP contribution in [0, 0.1) is 24.2 Å². The first kappa shape index (κ1) is 21.1. The van der Waals surface area contributed by atoms with Crippen LogP contribution >= 0.6 is 0 Å². The van der Waals surface area contributed by atoms with Crippen molar-refractivity contribution in [3.8, 4) is 17.3 Å². The van der Waals surface area contributed by atoms with Crippen molar-refractivity contribution < 1.29 is 13.2 Å². The molecule has 0 radical (unpaired) electrons. The Kier molecular flexibility index (Phi) is 6.40. The number of hydrogen-bond acceptors (Lipinski definition) is 4. The summed E-state index contributed by atoms with van der Waals surface area (Å²) in [4.78, 5) is 7.26. The first-order valence-electron chi connectivity index (χ1n) is 9.59. The average molecular weight is 403 g/mol. The highest BCUT2D eigenvalue weighted by atomic mass is 19.4. The minimum absolute atomic E-state index is 0.140. The fourth-order valence-electron chi connectivity index (χ4n) is 3.56. The van der Waals surface area contributed by atoms with Crippen molar-refractivity contribution in [1.29, 1.82) is 5.26 Å². The third-order valence-corrected chi connectivity index (χ3v) is 5.25. The van der Waals surface area contributed by atoms with Gasteiger partial charge in [-0.2, -0.15) is 18.4 Å². The zero-order chi connectivity index (χ0) is 21.0. The van der Waals surface area contributed by atoms with Gasteiger partial charge in [-0.1, -0.05) is 6.07 Å². The largest absolute Gasteiger partial charge is 0.416 e. The molecule has 1 fully saturated rings. The molecule has 1 unspecified atom stereocenters. The van der Waals surface area contributed by atoms with Crippen molar-refractivity contribution in [3.63, 3.8) is 0 Å². The van der Waals surface area contributed by atoms with Gasteiger partial charge >= 0.3 is 6.18 Å². The average Bonchev–Trinajstić information content (AvgIpc) is 3.15. The second-order valence-corrected chi connectivity index (χ2v) is 7.44. The number of nitrogens with one attached hydrogen (secondary N) is 2. The lowest BCUT2D eigenvalue weighted by molar-refractivity contribution is -0.137. The van der Waals surface area contributed by atoms with Crippen LogP contribution in [0.3, 0.4) is 0 Å². The first-order chi connectivity index (χ1) is 13.8. The van der Waals surface area contributed by atoms with Crippen molar-refractivity contribution in [3.05, 3.63) is 47.4 Å². The molecule has 0 amide bonds. The van der Waals surface area contributed by atoms with Crippen LogP contribution < -0.4 is 11.1 Å². The number of nitrogens with two attached hydrogens (primary N) is 1. The topological polar surface area (TPSA) is 90.5 Å². The number of nitriles is 1. The quantitative estimate of drug-likeness (QED) is 0.647. The van der Waals surface area contributed by atoms with Crippen LogP contribution in [0.5, 0.6) is 0 Å². The molecule has 8 heteroatoms. The van der Waals surface area contributed by atoms with Gasteiger partial charge in [0.05, 0.1) is 29.7 Å². The summed E-state index contributed by atoms with van der Waals surface area (Å²) in [6.45, 7) is 1.76. The van der Waals surface area contributed by atoms with Gasteiger partial charge in [0.1, 0.15) is 5.82 Å². The van der Waals surface area contributed by atoms with Crippen LogP contribution in [0.1, 0.15) is 42.6 Å². The maximum atomic E-state index is 13.0. The second kappa shape index (κ2) is 8.80. The highest BCUT2D eigenvalue weighted by Gasteiger charge is 2.31. The summed E-state index contributed by atoms with van der Waals surface area (Å²) in [7, 11) is 0. The van der Waals surface area contributed by atoms with Gasteiger partial charge in [0.25, 0.3) is 0 Å². The lowest BCUT2D eigenvalue weighted by Crippen LogP contribution is -2.44. The van der Waals surface area contributed by atoms with Gasteiger partial charge < -0.3 is 10.7 Å². The van der Waals surface area contributed by atoms with E-state index in [1.807, 2.05) is 0 Å². The van der Waals surface area contributed by atoms with E-state index in [0.717, 1.165) is 43.4 Å². The van der Waals surface area contributed by atoms with Crippen molar-refractivity contribution >= 4 is 6.08 Å². The molecular formula is C21H24F3N5. The maximum absolute atomic E-state index is 13.0. The molecular weight excluding hydrogens is 379 g/mol. The predicted molar refractivity (Wildman–Crippen MR) is 105 cm³/mol. The Morgan fingerprint density at radius 2 is 2.03 bits per heavy atom. The molecule has 0 spiro atoms. The van der Waals surface area contributed by atoms with E-state index in [1.165, 1.54) is 12.3 Å². The Labute approximate surface area is 167 Å². The molecule has 1 atom stereocenters. The summed E-state index contributed by atoms with van der Waals surface area (Å²) in [5.41, 5.74) is 7.11. The third kappa shape index (κ3) is 5.46. The van der Waals surface area contributed by atoms with Crippen LogP contribution in [-0.2, 0) is 6.18 Å². The monoisotopic (exact) mass is 403 g/mol. The third-order valence-electron chi connectivity index (χ3n) is 5.25. The van der Waals surface area contributed by atoms with Gasteiger partial charge in [-0.3, -0.25) is 5.32 Å². The molecule has 1 aromatic heterocycles. The van der Waals surface area contributed by atoms with Gasteiger partial charge in [-0.15, -0.1) is 0 Å². The number of rotatable bonds is 5. The van der Waals surface area contributed by atoms with Crippen LogP contribution in [0.15, 0.2) is 30.5 Å². The Morgan fingerprint density at radius 1 is 1.31 bits per heavy atom. The summed E-state index contributed by atoms with van der Waals surface area (Å²) < 4.78 is 39.0. The van der Waals surface area contributed by atoms with Crippen LogP contribution in [0.4, 0.5) is 13.2 Å². The fraction of sp³-hybridized carbons (Fsp3) is 0.429. The molecule has 4 N–H and O–H groups in total. The number of aromatic amines is 1. The van der Waals surface area contributed by atoms with E-state index in [2.05, 4.69) is 21.4 Å². The molecule has 3 rings (SSSR count). The van der Waals surface area contributed by atoms with Crippen molar-refractivity contribution in [2.75, 3.05) is 0 Å². The Hall–Kier alpha value is -2.63. The smallest absolute Gasteiger partial charge is 0.338 e. The van der Waals surface area contributed by atoms with Gasteiger partial charge in [-0.05, 0) is 62.5 Å². The van der Waals surface area contributed by atoms with Crippen LogP contribution in [0.2, 0.25) is 0 Å². The summed E-state index contributed by atoms with van der Waals surface area (Å²) >= 11 is 0. The lowest BCUT2D eigenvalue weighted by atomic mass is 9.87. The molecule has 1 aliphatic carbocycles. The lowest BCUT2D eigenvalue weighted by Gasteiger charge is -2.27. The second-order valence-electron chi connectivity index (χ2n) is 7.44. The first-order valence-corrected chi connectivity index (χ1v) is 9.59. The molecule has 1 heterocycles. The molecule has 29 heavy (non-hydrogen) atoms. The van der Waals surface area contributed by atoms with Crippen LogP contribution in [0.25, 0.3) is 17.3 Å². The number of aryl methyl sites for hydroxylation is 1. The highest BCUT2D eigenvalue weighted by molar-refractivity contribution is 5.65. The summed E-state index contributed by atoms with van der Waals surface area (Å²) in [5, 5.41) is 12.3. The van der Waals surface area contributed by atoms with E-state index in [0.29, 0.717) is 17.1 Å². The van der Waals surface area contributed by atoms with E-state index < -0.39 is 11.7 Å². The Balaban J connectivity index is 1.64. The number of nitrogens with zero attached hydrogens (tertiary/aromatic N) is 2. The number of imidazole rings is 1. The minimum atomic E-state index is -4.39.